The first kappa shape index (κ1) is 15.6. The second-order valence-corrected chi connectivity index (χ2v) is 6.55. The van der Waals surface area contributed by atoms with E-state index in [9.17, 15) is 4.39 Å². The lowest BCUT2D eigenvalue weighted by atomic mass is 10.3. The standard InChI is InChI=1S/C18H12FN7S/c19-14-3-1-2-4-15(14)25-10-13(9-20-25)21-16-5-6-17-22-23-18(26(17)24-16)12-7-8-27-11-12/h1-11H,(H,21,24). The minimum atomic E-state index is -0.336. The first-order chi connectivity index (χ1) is 13.3. The van der Waals surface area contributed by atoms with Gasteiger partial charge >= 0.3 is 0 Å². The number of nitrogens with one attached hydrogen (secondary N) is 1. The Labute approximate surface area is 156 Å². The topological polar surface area (TPSA) is 72.9 Å². The number of fused-ring (bicyclic) bond motifs is 1. The van der Waals surface area contributed by atoms with Crippen LogP contribution in [0.1, 0.15) is 0 Å². The number of hydrogen-bond acceptors (Lipinski definition) is 6. The molecule has 0 fully saturated rings. The fourth-order valence-corrected chi connectivity index (χ4v) is 3.37. The molecule has 1 aromatic carbocycles. The van der Waals surface area contributed by atoms with E-state index in [1.165, 1.54) is 10.7 Å². The molecule has 0 amide bonds. The van der Waals surface area contributed by atoms with Crippen molar-refractivity contribution >= 4 is 28.5 Å². The summed E-state index contributed by atoms with van der Waals surface area (Å²) >= 11 is 1.59. The number of halogens is 1. The number of thiophene rings is 1. The highest BCUT2D eigenvalue weighted by Gasteiger charge is 2.11. The molecule has 0 aliphatic carbocycles. The lowest BCUT2D eigenvalue weighted by Crippen LogP contribution is -2.00. The van der Waals surface area contributed by atoms with Crippen LogP contribution < -0.4 is 5.32 Å². The van der Waals surface area contributed by atoms with Gasteiger partial charge in [-0.3, -0.25) is 0 Å². The van der Waals surface area contributed by atoms with Crippen molar-refractivity contribution in [3.05, 3.63) is 71.4 Å². The van der Waals surface area contributed by atoms with Gasteiger partial charge in [-0.25, -0.2) is 9.07 Å². The summed E-state index contributed by atoms with van der Waals surface area (Å²) in [6.45, 7) is 0. The summed E-state index contributed by atoms with van der Waals surface area (Å²) in [4.78, 5) is 0. The van der Waals surface area contributed by atoms with E-state index in [-0.39, 0.29) is 5.82 Å². The molecule has 9 heteroatoms. The third-order valence-corrected chi connectivity index (χ3v) is 4.68. The smallest absolute Gasteiger partial charge is 0.186 e. The molecule has 0 bridgehead atoms. The van der Waals surface area contributed by atoms with Crippen LogP contribution in [-0.2, 0) is 0 Å². The highest BCUT2D eigenvalue weighted by molar-refractivity contribution is 7.08. The van der Waals surface area contributed by atoms with Gasteiger partial charge in [0.05, 0.1) is 18.1 Å². The van der Waals surface area contributed by atoms with E-state index in [0.717, 1.165) is 5.56 Å². The molecule has 0 spiro atoms. The quantitative estimate of drug-likeness (QED) is 0.514. The van der Waals surface area contributed by atoms with Crippen molar-refractivity contribution in [2.45, 2.75) is 0 Å². The second-order valence-electron chi connectivity index (χ2n) is 5.77. The van der Waals surface area contributed by atoms with Gasteiger partial charge in [-0.1, -0.05) is 12.1 Å². The van der Waals surface area contributed by atoms with Crippen molar-refractivity contribution in [3.8, 4) is 17.1 Å². The third-order valence-electron chi connectivity index (χ3n) is 4.00. The van der Waals surface area contributed by atoms with Gasteiger partial charge in [-0.2, -0.15) is 21.0 Å². The number of nitrogens with zero attached hydrogens (tertiary/aromatic N) is 6. The van der Waals surface area contributed by atoms with Crippen molar-refractivity contribution in [3.63, 3.8) is 0 Å². The van der Waals surface area contributed by atoms with E-state index < -0.39 is 0 Å². The second kappa shape index (κ2) is 6.29. The molecule has 5 rings (SSSR count). The van der Waals surface area contributed by atoms with Crippen molar-refractivity contribution in [1.29, 1.82) is 0 Å². The summed E-state index contributed by atoms with van der Waals surface area (Å²) in [5.41, 5.74) is 2.69. The molecule has 0 atom stereocenters. The minimum Gasteiger partial charge on any atom is -0.336 e. The van der Waals surface area contributed by atoms with Gasteiger partial charge in [0.2, 0.25) is 0 Å². The lowest BCUT2D eigenvalue weighted by molar-refractivity contribution is 0.611. The molecule has 4 heterocycles. The number of aromatic nitrogens is 6. The SMILES string of the molecule is Fc1ccccc1-n1cc(Nc2ccc3nnc(-c4ccsc4)n3n2)cn1. The van der Waals surface area contributed by atoms with Crippen LogP contribution >= 0.6 is 11.3 Å². The molecule has 5 aromatic rings. The predicted molar refractivity (Wildman–Crippen MR) is 101 cm³/mol. The molecule has 7 nitrogen and oxygen atoms in total. The van der Waals surface area contributed by atoms with Gasteiger partial charge < -0.3 is 5.32 Å². The van der Waals surface area contributed by atoms with Crippen LogP contribution in [0.5, 0.6) is 0 Å². The normalized spacial score (nSPS) is 11.1. The van der Waals surface area contributed by atoms with Gasteiger partial charge in [-0.15, -0.1) is 15.3 Å². The molecule has 0 saturated heterocycles. The Hall–Kier alpha value is -3.59. The molecule has 132 valence electrons. The molecule has 1 N–H and O–H groups in total. The summed E-state index contributed by atoms with van der Waals surface area (Å²) in [5.74, 6) is 0.945. The van der Waals surface area contributed by atoms with Gasteiger partial charge in [0.25, 0.3) is 0 Å². The monoisotopic (exact) mass is 377 g/mol. The Kier molecular flexibility index (Phi) is 3.65. The van der Waals surface area contributed by atoms with Crippen molar-refractivity contribution in [2.24, 2.45) is 0 Å². The summed E-state index contributed by atoms with van der Waals surface area (Å²) in [6, 6.07) is 12.1. The van der Waals surface area contributed by atoms with Crippen LogP contribution in [0.4, 0.5) is 15.9 Å². The summed E-state index contributed by atoms with van der Waals surface area (Å²) in [5, 5.41) is 24.3. The van der Waals surface area contributed by atoms with Crippen LogP contribution in [0.2, 0.25) is 0 Å². The van der Waals surface area contributed by atoms with Crippen LogP contribution in [0.25, 0.3) is 22.7 Å². The highest BCUT2D eigenvalue weighted by atomic mass is 32.1. The molecular weight excluding hydrogens is 365 g/mol. The molecule has 0 aliphatic rings. The van der Waals surface area contributed by atoms with Crippen LogP contribution in [0.3, 0.4) is 0 Å². The predicted octanol–water partition coefficient (Wildman–Crippen LogP) is 3.92. The van der Waals surface area contributed by atoms with Crippen LogP contribution in [0, 0.1) is 5.82 Å². The number of hydrogen-bond donors (Lipinski definition) is 1. The van der Waals surface area contributed by atoms with Crippen molar-refractivity contribution in [1.82, 2.24) is 29.6 Å². The number of para-hydroxylation sites is 1. The number of anilines is 2. The van der Waals surface area contributed by atoms with Crippen LogP contribution in [0.15, 0.2) is 65.6 Å². The zero-order chi connectivity index (χ0) is 18.2. The first-order valence-corrected chi connectivity index (χ1v) is 9.04. The zero-order valence-electron chi connectivity index (χ0n) is 13.8. The molecule has 0 saturated carbocycles. The number of benzene rings is 1. The molecular formula is C18H12FN7S. The molecule has 0 aliphatic heterocycles. The Bertz CT molecular complexity index is 1230. The van der Waals surface area contributed by atoms with Crippen molar-refractivity contribution < 1.29 is 4.39 Å². The van der Waals surface area contributed by atoms with Crippen LogP contribution in [-0.4, -0.2) is 29.6 Å². The summed E-state index contributed by atoms with van der Waals surface area (Å²) in [7, 11) is 0. The number of rotatable bonds is 4. The van der Waals surface area contributed by atoms with E-state index in [1.807, 2.05) is 29.0 Å². The molecule has 0 radical (unpaired) electrons. The highest BCUT2D eigenvalue weighted by Crippen LogP contribution is 2.22. The Morgan fingerprint density at radius 1 is 1.04 bits per heavy atom. The fourth-order valence-electron chi connectivity index (χ4n) is 2.73. The average molecular weight is 377 g/mol. The van der Waals surface area contributed by atoms with Gasteiger partial charge in [-0.05, 0) is 35.7 Å². The Morgan fingerprint density at radius 3 is 2.81 bits per heavy atom. The van der Waals surface area contributed by atoms with E-state index in [4.69, 9.17) is 0 Å². The van der Waals surface area contributed by atoms with E-state index in [0.29, 0.717) is 28.7 Å². The summed E-state index contributed by atoms with van der Waals surface area (Å²) < 4.78 is 17.1. The summed E-state index contributed by atoms with van der Waals surface area (Å²) in [6.07, 6.45) is 3.32. The molecule has 0 unspecified atom stereocenters. The van der Waals surface area contributed by atoms with E-state index >= 15 is 0 Å². The average Bonchev–Trinajstić information content (AvgIpc) is 3.42. The largest absolute Gasteiger partial charge is 0.336 e. The van der Waals surface area contributed by atoms with Gasteiger partial charge in [0, 0.05) is 10.9 Å². The maximum atomic E-state index is 13.9. The fraction of sp³-hybridized carbons (Fsp3) is 0. The first-order valence-electron chi connectivity index (χ1n) is 8.09. The van der Waals surface area contributed by atoms with Gasteiger partial charge in [0.1, 0.15) is 11.5 Å². The Balaban J connectivity index is 1.47. The Morgan fingerprint density at radius 2 is 1.96 bits per heavy atom. The lowest BCUT2D eigenvalue weighted by Gasteiger charge is -2.04. The van der Waals surface area contributed by atoms with Gasteiger partial charge in [0.15, 0.2) is 17.3 Å². The maximum Gasteiger partial charge on any atom is 0.186 e. The van der Waals surface area contributed by atoms with Crippen molar-refractivity contribution in [2.75, 3.05) is 5.32 Å². The maximum absolute atomic E-state index is 13.9. The zero-order valence-corrected chi connectivity index (χ0v) is 14.6. The minimum absolute atomic E-state index is 0.336. The third kappa shape index (κ3) is 2.83. The molecule has 27 heavy (non-hydrogen) atoms. The molecule has 4 aromatic heterocycles. The van der Waals surface area contributed by atoms with E-state index in [1.54, 1.807) is 46.4 Å². The van der Waals surface area contributed by atoms with E-state index in [2.05, 4.69) is 25.7 Å².